The van der Waals surface area contributed by atoms with E-state index in [2.05, 4.69) is 51.1 Å². The molecule has 1 aromatic heterocycles. The van der Waals surface area contributed by atoms with Crippen molar-refractivity contribution in [3.8, 4) is 17.1 Å². The minimum atomic E-state index is -0.421. The highest BCUT2D eigenvalue weighted by Crippen LogP contribution is 2.33. The van der Waals surface area contributed by atoms with Gasteiger partial charge in [-0.1, -0.05) is 57.2 Å². The zero-order valence-corrected chi connectivity index (χ0v) is 18.3. The van der Waals surface area contributed by atoms with Crippen LogP contribution in [0.1, 0.15) is 51.8 Å². The van der Waals surface area contributed by atoms with Crippen molar-refractivity contribution in [1.29, 1.82) is 0 Å². The Morgan fingerprint density at radius 3 is 2.40 bits per heavy atom. The Hall–Kier alpha value is -3.14. The number of nitrogens with zero attached hydrogens (tertiary/aromatic N) is 1. The molecule has 0 amide bonds. The van der Waals surface area contributed by atoms with Crippen molar-refractivity contribution in [2.75, 3.05) is 6.61 Å². The van der Waals surface area contributed by atoms with Crippen molar-refractivity contribution >= 4 is 17.2 Å². The van der Waals surface area contributed by atoms with Crippen LogP contribution in [0.2, 0.25) is 0 Å². The van der Waals surface area contributed by atoms with Crippen LogP contribution in [0.15, 0.2) is 60.7 Å². The molecule has 156 valence electrons. The summed E-state index contributed by atoms with van der Waals surface area (Å²) in [5, 5.41) is 1.92. The summed E-state index contributed by atoms with van der Waals surface area (Å²) in [6.45, 7) is 11.5. The standard InChI is InChI=1S/C26H29NO3/c1-6-8-24(30-17-28)19-11-14-22-20(15-19)16-23(27-25(22)29-7-2)18-9-12-21(13-10-18)26(3,4)5/h6,8-17,24H,7H2,1-5H3. The third-order valence-electron chi connectivity index (χ3n) is 5.05. The second-order valence-corrected chi connectivity index (χ2v) is 8.23. The number of rotatable bonds is 7. The lowest BCUT2D eigenvalue weighted by atomic mass is 9.86. The van der Waals surface area contributed by atoms with Crippen LogP contribution in [-0.2, 0) is 14.9 Å². The molecule has 4 heteroatoms. The van der Waals surface area contributed by atoms with Gasteiger partial charge in [0.2, 0.25) is 5.88 Å². The summed E-state index contributed by atoms with van der Waals surface area (Å²) in [6, 6.07) is 16.5. The van der Waals surface area contributed by atoms with Crippen LogP contribution in [0.4, 0.5) is 0 Å². The first-order chi connectivity index (χ1) is 14.4. The maximum absolute atomic E-state index is 10.9. The van der Waals surface area contributed by atoms with E-state index in [4.69, 9.17) is 14.5 Å². The quantitative estimate of drug-likeness (QED) is 0.339. The Morgan fingerprint density at radius 2 is 1.80 bits per heavy atom. The summed E-state index contributed by atoms with van der Waals surface area (Å²) in [5.41, 5.74) is 4.16. The predicted octanol–water partition coefficient (Wildman–Crippen LogP) is 6.39. The fraction of sp³-hybridized carbons (Fsp3) is 0.308. The number of hydrogen-bond acceptors (Lipinski definition) is 4. The van der Waals surface area contributed by atoms with Crippen LogP contribution in [0, 0.1) is 0 Å². The van der Waals surface area contributed by atoms with Gasteiger partial charge in [0, 0.05) is 10.9 Å². The maximum Gasteiger partial charge on any atom is 0.294 e. The second-order valence-electron chi connectivity index (χ2n) is 8.23. The number of hydrogen-bond donors (Lipinski definition) is 0. The van der Waals surface area contributed by atoms with Gasteiger partial charge in [0.15, 0.2) is 0 Å². The van der Waals surface area contributed by atoms with Gasteiger partial charge in [0.25, 0.3) is 6.47 Å². The highest BCUT2D eigenvalue weighted by molar-refractivity contribution is 5.90. The van der Waals surface area contributed by atoms with Crippen LogP contribution >= 0.6 is 0 Å². The number of carbonyl (C=O) groups is 1. The van der Waals surface area contributed by atoms with Gasteiger partial charge < -0.3 is 9.47 Å². The van der Waals surface area contributed by atoms with Gasteiger partial charge in [-0.05, 0) is 60.1 Å². The number of allylic oxidation sites excluding steroid dienone is 1. The SMILES string of the molecule is CC=CC(OC=O)c1ccc2c(OCC)nc(-c3ccc(C(C)(C)C)cc3)cc2c1. The summed E-state index contributed by atoms with van der Waals surface area (Å²) >= 11 is 0. The number of fused-ring (bicyclic) bond motifs is 1. The minimum absolute atomic E-state index is 0.0983. The molecule has 1 atom stereocenters. The molecule has 0 saturated carbocycles. The molecule has 1 heterocycles. The Morgan fingerprint density at radius 1 is 1.07 bits per heavy atom. The van der Waals surface area contributed by atoms with Crippen LogP contribution in [0.25, 0.3) is 22.0 Å². The average molecular weight is 404 g/mol. The molecular formula is C26H29NO3. The summed E-state index contributed by atoms with van der Waals surface area (Å²) in [6.07, 6.45) is 3.31. The molecule has 0 fully saturated rings. The van der Waals surface area contributed by atoms with Gasteiger partial charge in [0.05, 0.1) is 12.3 Å². The molecule has 0 spiro atoms. The Kier molecular flexibility index (Phi) is 6.56. The summed E-state index contributed by atoms with van der Waals surface area (Å²) in [5.74, 6) is 0.607. The smallest absolute Gasteiger partial charge is 0.294 e. The van der Waals surface area contributed by atoms with Gasteiger partial charge in [-0.15, -0.1) is 0 Å². The molecule has 0 aliphatic rings. The zero-order chi connectivity index (χ0) is 21.7. The van der Waals surface area contributed by atoms with Gasteiger partial charge in [-0.25, -0.2) is 4.98 Å². The van der Waals surface area contributed by atoms with E-state index in [-0.39, 0.29) is 5.41 Å². The molecule has 0 saturated heterocycles. The molecule has 3 rings (SSSR count). The van der Waals surface area contributed by atoms with Crippen molar-refractivity contribution in [2.24, 2.45) is 0 Å². The van der Waals surface area contributed by atoms with Crippen molar-refractivity contribution in [3.05, 3.63) is 71.8 Å². The van der Waals surface area contributed by atoms with E-state index in [1.54, 1.807) is 0 Å². The van der Waals surface area contributed by atoms with Gasteiger partial charge in [0.1, 0.15) is 6.10 Å². The number of benzene rings is 2. The van der Waals surface area contributed by atoms with Crippen molar-refractivity contribution in [3.63, 3.8) is 0 Å². The molecule has 3 aromatic rings. The van der Waals surface area contributed by atoms with Crippen molar-refractivity contribution < 1.29 is 14.3 Å². The third kappa shape index (κ3) is 4.70. The third-order valence-corrected chi connectivity index (χ3v) is 5.05. The van der Waals surface area contributed by atoms with E-state index in [1.165, 1.54) is 5.56 Å². The second kappa shape index (κ2) is 9.12. The zero-order valence-electron chi connectivity index (χ0n) is 18.3. The average Bonchev–Trinajstić information content (AvgIpc) is 2.73. The first-order valence-corrected chi connectivity index (χ1v) is 10.3. The molecule has 0 aliphatic heterocycles. The lowest BCUT2D eigenvalue weighted by Gasteiger charge is -2.19. The lowest BCUT2D eigenvalue weighted by Crippen LogP contribution is -2.10. The van der Waals surface area contributed by atoms with E-state index in [9.17, 15) is 4.79 Å². The molecular weight excluding hydrogens is 374 g/mol. The molecule has 0 bridgehead atoms. The molecule has 0 radical (unpaired) electrons. The highest BCUT2D eigenvalue weighted by Gasteiger charge is 2.16. The topological polar surface area (TPSA) is 48.4 Å². The van der Waals surface area contributed by atoms with E-state index in [1.807, 2.05) is 44.2 Å². The molecule has 2 aromatic carbocycles. The predicted molar refractivity (Wildman–Crippen MR) is 122 cm³/mol. The molecule has 0 aliphatic carbocycles. The largest absolute Gasteiger partial charge is 0.478 e. The number of ether oxygens (including phenoxy) is 2. The first-order valence-electron chi connectivity index (χ1n) is 10.3. The van der Waals surface area contributed by atoms with Gasteiger partial charge >= 0.3 is 0 Å². The summed E-state index contributed by atoms with van der Waals surface area (Å²) in [7, 11) is 0. The molecule has 0 N–H and O–H groups in total. The fourth-order valence-electron chi connectivity index (χ4n) is 3.43. The lowest BCUT2D eigenvalue weighted by molar-refractivity contribution is -0.131. The first kappa shape index (κ1) is 21.6. The Labute approximate surface area is 178 Å². The van der Waals surface area contributed by atoms with E-state index < -0.39 is 6.10 Å². The Bertz CT molecular complexity index is 1050. The molecule has 4 nitrogen and oxygen atoms in total. The van der Waals surface area contributed by atoms with Gasteiger partial charge in [-0.2, -0.15) is 0 Å². The minimum Gasteiger partial charge on any atom is -0.478 e. The number of aromatic nitrogens is 1. The van der Waals surface area contributed by atoms with Crippen molar-refractivity contribution in [2.45, 2.75) is 46.1 Å². The van der Waals surface area contributed by atoms with Crippen molar-refractivity contribution in [1.82, 2.24) is 4.98 Å². The van der Waals surface area contributed by atoms with E-state index >= 15 is 0 Å². The summed E-state index contributed by atoms with van der Waals surface area (Å²) in [4.78, 5) is 15.7. The molecule has 30 heavy (non-hydrogen) atoms. The van der Waals surface area contributed by atoms with E-state index in [0.717, 1.165) is 27.6 Å². The fourth-order valence-corrected chi connectivity index (χ4v) is 3.43. The van der Waals surface area contributed by atoms with Crippen LogP contribution in [0.3, 0.4) is 0 Å². The summed E-state index contributed by atoms with van der Waals surface area (Å²) < 4.78 is 11.1. The highest BCUT2D eigenvalue weighted by atomic mass is 16.5. The van der Waals surface area contributed by atoms with E-state index in [0.29, 0.717) is 19.0 Å². The monoisotopic (exact) mass is 403 g/mol. The van der Waals surface area contributed by atoms with Crippen LogP contribution in [-0.4, -0.2) is 18.1 Å². The van der Waals surface area contributed by atoms with Crippen LogP contribution < -0.4 is 4.74 Å². The van der Waals surface area contributed by atoms with Crippen LogP contribution in [0.5, 0.6) is 5.88 Å². The number of pyridine rings is 1. The van der Waals surface area contributed by atoms with Gasteiger partial charge in [-0.3, -0.25) is 4.79 Å². The Balaban J connectivity index is 2.12. The number of carbonyl (C=O) groups excluding carboxylic acids is 1. The molecule has 1 unspecified atom stereocenters. The maximum atomic E-state index is 10.9. The normalized spacial score (nSPS) is 12.8.